The van der Waals surface area contributed by atoms with Crippen LogP contribution in [0, 0.1) is 5.82 Å². The van der Waals surface area contributed by atoms with Gasteiger partial charge < -0.3 is 19.7 Å². The van der Waals surface area contributed by atoms with Crippen LogP contribution in [-0.2, 0) is 9.47 Å². The molecule has 1 aliphatic rings. The molecule has 1 heterocycles. The molecule has 0 saturated carbocycles. The number of amides is 1. The molecule has 1 saturated heterocycles. The molecule has 0 aromatic heterocycles. The lowest BCUT2D eigenvalue weighted by atomic mass is 10.1. The summed E-state index contributed by atoms with van der Waals surface area (Å²) in [5, 5.41) is 3.21. The molecule has 0 spiro atoms. The largest absolute Gasteiger partial charge is 0.465 e. The summed E-state index contributed by atoms with van der Waals surface area (Å²) in [7, 11) is 1.21. The van der Waals surface area contributed by atoms with Gasteiger partial charge in [0.05, 0.1) is 12.7 Å². The van der Waals surface area contributed by atoms with Crippen molar-refractivity contribution >= 4 is 17.7 Å². The number of likely N-dealkylation sites (tertiary alicyclic amines) is 1. The van der Waals surface area contributed by atoms with E-state index in [0.29, 0.717) is 18.8 Å². The number of ether oxygens (including phenoxy) is 2. The van der Waals surface area contributed by atoms with Gasteiger partial charge in [-0.15, -0.1) is 0 Å². The number of esters is 1. The Morgan fingerprint density at radius 2 is 2.04 bits per heavy atom. The van der Waals surface area contributed by atoms with Gasteiger partial charge in [0.25, 0.3) is 0 Å². The monoisotopic (exact) mass is 338 g/mol. The summed E-state index contributed by atoms with van der Waals surface area (Å²) in [5.41, 5.74) is -0.0491. The van der Waals surface area contributed by atoms with Crippen LogP contribution in [-0.4, -0.2) is 48.8 Å². The number of nitrogens with zero attached hydrogens (tertiary/aromatic N) is 1. The third-order valence-corrected chi connectivity index (χ3v) is 3.58. The Labute approximate surface area is 140 Å². The minimum absolute atomic E-state index is 0.00785. The summed E-state index contributed by atoms with van der Waals surface area (Å²) in [4.78, 5) is 25.2. The van der Waals surface area contributed by atoms with E-state index in [4.69, 9.17) is 4.74 Å². The molecule has 24 heavy (non-hydrogen) atoms. The van der Waals surface area contributed by atoms with Crippen molar-refractivity contribution in [1.82, 2.24) is 4.90 Å². The first kappa shape index (κ1) is 18.0. The van der Waals surface area contributed by atoms with Crippen LogP contribution in [0.15, 0.2) is 18.2 Å². The van der Waals surface area contributed by atoms with E-state index in [9.17, 15) is 14.0 Å². The molecule has 0 bridgehead atoms. The molecular weight excluding hydrogens is 315 g/mol. The van der Waals surface area contributed by atoms with Gasteiger partial charge in [0.1, 0.15) is 11.4 Å². The summed E-state index contributed by atoms with van der Waals surface area (Å²) >= 11 is 0. The van der Waals surface area contributed by atoms with E-state index in [1.807, 2.05) is 20.8 Å². The van der Waals surface area contributed by atoms with Crippen LogP contribution in [0.4, 0.5) is 14.9 Å². The zero-order valence-corrected chi connectivity index (χ0v) is 14.4. The maximum Gasteiger partial charge on any atom is 0.410 e. The molecule has 1 N–H and O–H groups in total. The molecule has 1 aliphatic heterocycles. The first-order valence-corrected chi connectivity index (χ1v) is 7.82. The molecule has 7 heteroatoms. The maximum absolute atomic E-state index is 13.6. The highest BCUT2D eigenvalue weighted by Gasteiger charge is 2.29. The van der Waals surface area contributed by atoms with Gasteiger partial charge in [-0.05, 0) is 45.4 Å². The van der Waals surface area contributed by atoms with E-state index in [-0.39, 0.29) is 17.7 Å². The zero-order chi connectivity index (χ0) is 17.9. The summed E-state index contributed by atoms with van der Waals surface area (Å²) in [6, 6.07) is 4.19. The van der Waals surface area contributed by atoms with Crippen molar-refractivity contribution in [2.45, 2.75) is 38.8 Å². The fourth-order valence-corrected chi connectivity index (χ4v) is 2.49. The van der Waals surface area contributed by atoms with Gasteiger partial charge in [0, 0.05) is 24.8 Å². The van der Waals surface area contributed by atoms with Gasteiger partial charge in [-0.25, -0.2) is 14.0 Å². The van der Waals surface area contributed by atoms with E-state index >= 15 is 0 Å². The standard InChI is InChI=1S/C17H23FN2O4/c1-17(2,3)24-16(22)20-8-7-12(10-20)19-11-5-6-14(18)13(9-11)15(21)23-4/h5-6,9,12,19H,7-8,10H2,1-4H3/t12-/m1/s1. The Kier molecular flexibility index (Phi) is 5.31. The summed E-state index contributed by atoms with van der Waals surface area (Å²) < 4.78 is 23.6. The number of carbonyl (C=O) groups is 2. The van der Waals surface area contributed by atoms with E-state index in [2.05, 4.69) is 10.1 Å². The molecule has 0 unspecified atom stereocenters. The minimum Gasteiger partial charge on any atom is -0.465 e. The number of halogens is 1. The van der Waals surface area contributed by atoms with Gasteiger partial charge in [-0.3, -0.25) is 0 Å². The van der Waals surface area contributed by atoms with Gasteiger partial charge in [-0.2, -0.15) is 0 Å². The quantitative estimate of drug-likeness (QED) is 0.858. The SMILES string of the molecule is COC(=O)c1cc(N[C@@H]2CCN(C(=O)OC(C)(C)C)C2)ccc1F. The Bertz CT molecular complexity index is 628. The van der Waals surface area contributed by atoms with E-state index in [1.165, 1.54) is 19.2 Å². The predicted octanol–water partition coefficient (Wildman–Crippen LogP) is 3.03. The number of hydrogen-bond acceptors (Lipinski definition) is 5. The lowest BCUT2D eigenvalue weighted by Gasteiger charge is -2.24. The molecule has 1 atom stereocenters. The van der Waals surface area contributed by atoms with Crippen LogP contribution in [0.3, 0.4) is 0 Å². The van der Waals surface area contributed by atoms with E-state index in [1.54, 1.807) is 11.0 Å². The molecule has 1 aromatic carbocycles. The fraction of sp³-hybridized carbons (Fsp3) is 0.529. The van der Waals surface area contributed by atoms with Crippen molar-refractivity contribution < 1.29 is 23.5 Å². The number of anilines is 1. The summed E-state index contributed by atoms with van der Waals surface area (Å²) in [6.07, 6.45) is 0.394. The zero-order valence-electron chi connectivity index (χ0n) is 14.4. The molecule has 2 rings (SSSR count). The Balaban J connectivity index is 1.98. The minimum atomic E-state index is -0.724. The second-order valence-electron chi connectivity index (χ2n) is 6.74. The van der Waals surface area contributed by atoms with Crippen LogP contribution >= 0.6 is 0 Å². The smallest absolute Gasteiger partial charge is 0.410 e. The van der Waals surface area contributed by atoms with Crippen LogP contribution in [0.2, 0.25) is 0 Å². The normalized spacial score (nSPS) is 17.5. The average molecular weight is 338 g/mol. The highest BCUT2D eigenvalue weighted by atomic mass is 19.1. The molecule has 132 valence electrons. The van der Waals surface area contributed by atoms with Crippen molar-refractivity contribution in [2.75, 3.05) is 25.5 Å². The molecule has 1 amide bonds. The van der Waals surface area contributed by atoms with Crippen molar-refractivity contribution in [3.05, 3.63) is 29.6 Å². The van der Waals surface area contributed by atoms with Crippen LogP contribution in [0.1, 0.15) is 37.6 Å². The number of benzene rings is 1. The topological polar surface area (TPSA) is 67.9 Å². The fourth-order valence-electron chi connectivity index (χ4n) is 2.49. The van der Waals surface area contributed by atoms with Crippen LogP contribution in [0.5, 0.6) is 0 Å². The molecular formula is C17H23FN2O4. The molecule has 6 nitrogen and oxygen atoms in total. The predicted molar refractivity (Wildman–Crippen MR) is 87.6 cm³/mol. The van der Waals surface area contributed by atoms with Crippen LogP contribution in [0.25, 0.3) is 0 Å². The second kappa shape index (κ2) is 7.07. The van der Waals surface area contributed by atoms with E-state index in [0.717, 1.165) is 6.42 Å². The first-order chi connectivity index (χ1) is 11.2. The van der Waals surface area contributed by atoms with Gasteiger partial charge >= 0.3 is 12.1 Å². The van der Waals surface area contributed by atoms with Gasteiger partial charge in [0.2, 0.25) is 0 Å². The van der Waals surface area contributed by atoms with Crippen molar-refractivity contribution in [3.63, 3.8) is 0 Å². The van der Waals surface area contributed by atoms with Gasteiger partial charge in [0.15, 0.2) is 0 Å². The Morgan fingerprint density at radius 3 is 2.67 bits per heavy atom. The molecule has 1 aromatic rings. The third kappa shape index (κ3) is 4.59. The molecule has 1 fully saturated rings. The Morgan fingerprint density at radius 1 is 1.33 bits per heavy atom. The third-order valence-electron chi connectivity index (χ3n) is 3.58. The number of methoxy groups -OCH3 is 1. The number of nitrogens with one attached hydrogen (secondary N) is 1. The lowest BCUT2D eigenvalue weighted by molar-refractivity contribution is 0.0293. The van der Waals surface area contributed by atoms with Crippen molar-refractivity contribution in [2.24, 2.45) is 0 Å². The summed E-state index contributed by atoms with van der Waals surface area (Å²) in [6.45, 7) is 6.54. The van der Waals surface area contributed by atoms with Crippen molar-refractivity contribution in [3.8, 4) is 0 Å². The summed E-state index contributed by atoms with van der Waals surface area (Å²) in [5.74, 6) is -1.35. The van der Waals surface area contributed by atoms with Crippen LogP contribution < -0.4 is 5.32 Å². The van der Waals surface area contributed by atoms with Gasteiger partial charge in [-0.1, -0.05) is 0 Å². The first-order valence-electron chi connectivity index (χ1n) is 7.82. The highest BCUT2D eigenvalue weighted by Crippen LogP contribution is 2.21. The molecule has 0 radical (unpaired) electrons. The number of carbonyl (C=O) groups excluding carboxylic acids is 2. The lowest BCUT2D eigenvalue weighted by Crippen LogP contribution is -2.36. The number of rotatable bonds is 3. The second-order valence-corrected chi connectivity index (χ2v) is 6.74. The average Bonchev–Trinajstić information content (AvgIpc) is 2.95. The number of hydrogen-bond donors (Lipinski definition) is 1. The maximum atomic E-state index is 13.6. The van der Waals surface area contributed by atoms with Crippen molar-refractivity contribution in [1.29, 1.82) is 0 Å². The Hall–Kier alpha value is -2.31. The highest BCUT2D eigenvalue weighted by molar-refractivity contribution is 5.90. The molecule has 0 aliphatic carbocycles. The van der Waals surface area contributed by atoms with E-state index < -0.39 is 17.4 Å².